The maximum absolute atomic E-state index is 10.8. The predicted molar refractivity (Wildman–Crippen MR) is 54.9 cm³/mol. The summed E-state index contributed by atoms with van der Waals surface area (Å²) in [5.41, 5.74) is 1.67. The predicted octanol–water partition coefficient (Wildman–Crippen LogP) is 2.91. The molecule has 0 aliphatic heterocycles. The average Bonchev–Trinajstić information content (AvgIpc) is 2.59. The molecule has 0 aliphatic rings. The van der Waals surface area contributed by atoms with Gasteiger partial charge in [0.05, 0.1) is 5.52 Å². The molecule has 0 amide bonds. The van der Waals surface area contributed by atoms with Gasteiger partial charge in [-0.2, -0.15) is 0 Å². The van der Waals surface area contributed by atoms with Gasteiger partial charge in [0.25, 0.3) is 0 Å². The maximum Gasteiger partial charge on any atom is 0.415 e. The van der Waals surface area contributed by atoms with Crippen molar-refractivity contribution in [2.24, 2.45) is 0 Å². The van der Waals surface area contributed by atoms with Crippen LogP contribution in [0.1, 0.15) is 5.56 Å². The monoisotopic (exact) mass is 209 g/mol. The zero-order chi connectivity index (χ0) is 10.1. The molecule has 2 aromatic rings. The fourth-order valence-electron chi connectivity index (χ4n) is 1.44. The molecule has 4 heteroatoms. The summed E-state index contributed by atoms with van der Waals surface area (Å²) in [6.07, 6.45) is 0.559. The minimum Gasteiger partial charge on any atom is -0.464 e. The second-order valence-electron chi connectivity index (χ2n) is 3.00. The topological polar surface area (TPSA) is 42.2 Å². The highest BCUT2D eigenvalue weighted by Crippen LogP contribution is 2.18. The molecule has 72 valence electrons. The quantitative estimate of drug-likeness (QED) is 0.734. The van der Waals surface area contributed by atoms with Crippen molar-refractivity contribution in [3.63, 3.8) is 0 Å². The zero-order valence-electron chi connectivity index (χ0n) is 7.27. The molecule has 0 radical (unpaired) electrons. The minimum atomic E-state index is -0.973. The molecular formula is C10H8ClNO2. The number of nitrogens with zero attached hydrogens (tertiary/aromatic N) is 1. The zero-order valence-corrected chi connectivity index (χ0v) is 8.03. The van der Waals surface area contributed by atoms with Gasteiger partial charge in [-0.05, 0) is 23.8 Å². The minimum absolute atomic E-state index is 0.439. The van der Waals surface area contributed by atoms with Crippen LogP contribution in [0, 0.1) is 0 Å². The molecule has 2 rings (SSSR count). The fraction of sp³-hybridized carbons (Fsp3) is 0.100. The van der Waals surface area contributed by atoms with Crippen LogP contribution in [0.5, 0.6) is 0 Å². The summed E-state index contributed by atoms with van der Waals surface area (Å²) >= 11 is 5.67. The van der Waals surface area contributed by atoms with Gasteiger partial charge in [0, 0.05) is 17.5 Å². The third kappa shape index (κ3) is 1.36. The SMILES string of the molecule is O=C(O)n1ccc2cc(CCl)ccc21. The lowest BCUT2D eigenvalue weighted by Crippen LogP contribution is -2.05. The number of halogens is 1. The number of hydrogen-bond donors (Lipinski definition) is 1. The summed E-state index contributed by atoms with van der Waals surface area (Å²) in [6, 6.07) is 7.25. The van der Waals surface area contributed by atoms with E-state index in [4.69, 9.17) is 16.7 Å². The Bertz CT molecular complexity index is 490. The molecule has 3 nitrogen and oxygen atoms in total. The first-order valence-electron chi connectivity index (χ1n) is 4.11. The number of carboxylic acid groups (broad SMARTS) is 1. The van der Waals surface area contributed by atoms with Crippen molar-refractivity contribution in [2.45, 2.75) is 5.88 Å². The smallest absolute Gasteiger partial charge is 0.415 e. The third-order valence-electron chi connectivity index (χ3n) is 2.12. The highest BCUT2D eigenvalue weighted by molar-refractivity contribution is 6.17. The first-order chi connectivity index (χ1) is 6.72. The van der Waals surface area contributed by atoms with Crippen molar-refractivity contribution >= 4 is 28.6 Å². The van der Waals surface area contributed by atoms with Gasteiger partial charge in [0.1, 0.15) is 0 Å². The van der Waals surface area contributed by atoms with E-state index in [1.54, 1.807) is 12.1 Å². The fourth-order valence-corrected chi connectivity index (χ4v) is 1.61. The second-order valence-corrected chi connectivity index (χ2v) is 3.26. The molecule has 0 aliphatic carbocycles. The lowest BCUT2D eigenvalue weighted by Gasteiger charge is -1.98. The number of hydrogen-bond acceptors (Lipinski definition) is 1. The molecule has 0 atom stereocenters. The van der Waals surface area contributed by atoms with Crippen LogP contribution in [0.3, 0.4) is 0 Å². The maximum atomic E-state index is 10.8. The van der Waals surface area contributed by atoms with Gasteiger partial charge in [0.15, 0.2) is 0 Å². The van der Waals surface area contributed by atoms with Crippen molar-refractivity contribution in [1.29, 1.82) is 0 Å². The van der Waals surface area contributed by atoms with E-state index in [2.05, 4.69) is 0 Å². The Labute approximate surface area is 85.5 Å². The number of fused-ring (bicyclic) bond motifs is 1. The van der Waals surface area contributed by atoms with Crippen molar-refractivity contribution in [3.8, 4) is 0 Å². The van der Waals surface area contributed by atoms with Crippen LogP contribution in [-0.2, 0) is 5.88 Å². The summed E-state index contributed by atoms with van der Waals surface area (Å²) in [4.78, 5) is 10.8. The van der Waals surface area contributed by atoms with E-state index >= 15 is 0 Å². The first kappa shape index (κ1) is 9.09. The summed E-state index contributed by atoms with van der Waals surface area (Å²) < 4.78 is 1.19. The van der Waals surface area contributed by atoms with Crippen molar-refractivity contribution in [2.75, 3.05) is 0 Å². The summed E-state index contributed by atoms with van der Waals surface area (Å²) in [5.74, 6) is 0.439. The van der Waals surface area contributed by atoms with Crippen LogP contribution < -0.4 is 0 Å². The van der Waals surface area contributed by atoms with Crippen LogP contribution in [0.2, 0.25) is 0 Å². The molecule has 0 bridgehead atoms. The largest absolute Gasteiger partial charge is 0.464 e. The van der Waals surface area contributed by atoms with E-state index in [0.29, 0.717) is 11.4 Å². The van der Waals surface area contributed by atoms with Crippen molar-refractivity contribution in [1.82, 2.24) is 4.57 Å². The second kappa shape index (κ2) is 3.35. The Kier molecular flexibility index (Phi) is 2.17. The van der Waals surface area contributed by atoms with Gasteiger partial charge in [-0.1, -0.05) is 6.07 Å². The lowest BCUT2D eigenvalue weighted by molar-refractivity contribution is 0.197. The van der Waals surface area contributed by atoms with Crippen LogP contribution in [0.15, 0.2) is 30.5 Å². The molecule has 14 heavy (non-hydrogen) atoms. The molecule has 1 heterocycles. The molecule has 0 fully saturated rings. The van der Waals surface area contributed by atoms with E-state index < -0.39 is 6.09 Å². The Balaban J connectivity index is 2.65. The number of benzene rings is 1. The van der Waals surface area contributed by atoms with Gasteiger partial charge in [-0.25, -0.2) is 4.79 Å². The van der Waals surface area contributed by atoms with E-state index in [1.807, 2.05) is 12.1 Å². The van der Waals surface area contributed by atoms with Crippen molar-refractivity contribution in [3.05, 3.63) is 36.0 Å². The van der Waals surface area contributed by atoms with Gasteiger partial charge < -0.3 is 5.11 Å². The molecule has 0 saturated heterocycles. The summed E-state index contributed by atoms with van der Waals surface area (Å²) in [7, 11) is 0. The van der Waals surface area contributed by atoms with E-state index in [1.165, 1.54) is 10.8 Å². The highest BCUT2D eigenvalue weighted by atomic mass is 35.5. The molecule has 1 aromatic heterocycles. The Hall–Kier alpha value is -1.48. The lowest BCUT2D eigenvalue weighted by atomic mass is 10.2. The molecule has 0 saturated carbocycles. The molecule has 1 aromatic carbocycles. The highest BCUT2D eigenvalue weighted by Gasteiger charge is 2.06. The van der Waals surface area contributed by atoms with Crippen molar-refractivity contribution < 1.29 is 9.90 Å². The summed E-state index contributed by atoms with van der Waals surface area (Å²) in [6.45, 7) is 0. The van der Waals surface area contributed by atoms with E-state index in [0.717, 1.165) is 10.9 Å². The Morgan fingerprint density at radius 1 is 1.43 bits per heavy atom. The van der Waals surface area contributed by atoms with Crippen LogP contribution >= 0.6 is 11.6 Å². The number of alkyl halides is 1. The third-order valence-corrected chi connectivity index (χ3v) is 2.42. The normalized spacial score (nSPS) is 10.6. The first-order valence-corrected chi connectivity index (χ1v) is 4.65. The molecule has 0 unspecified atom stereocenters. The van der Waals surface area contributed by atoms with Gasteiger partial charge in [0.2, 0.25) is 0 Å². The van der Waals surface area contributed by atoms with Gasteiger partial charge in [-0.15, -0.1) is 11.6 Å². The van der Waals surface area contributed by atoms with E-state index in [9.17, 15) is 4.79 Å². The average molecular weight is 210 g/mol. The summed E-state index contributed by atoms with van der Waals surface area (Å²) in [5, 5.41) is 9.73. The number of rotatable bonds is 1. The van der Waals surface area contributed by atoms with E-state index in [-0.39, 0.29) is 0 Å². The number of aromatic nitrogens is 1. The van der Waals surface area contributed by atoms with Crippen LogP contribution in [-0.4, -0.2) is 15.8 Å². The Morgan fingerprint density at radius 2 is 2.21 bits per heavy atom. The molecule has 1 N–H and O–H groups in total. The van der Waals surface area contributed by atoms with Crippen LogP contribution in [0.4, 0.5) is 4.79 Å². The van der Waals surface area contributed by atoms with Gasteiger partial charge in [-0.3, -0.25) is 4.57 Å². The molecule has 0 spiro atoms. The Morgan fingerprint density at radius 3 is 2.86 bits per heavy atom. The van der Waals surface area contributed by atoms with Gasteiger partial charge >= 0.3 is 6.09 Å². The molecular weight excluding hydrogens is 202 g/mol. The number of carbonyl (C=O) groups is 1. The van der Waals surface area contributed by atoms with Crippen LogP contribution in [0.25, 0.3) is 10.9 Å². The standard InChI is InChI=1S/C10H8ClNO2/c11-6-7-1-2-9-8(5-7)3-4-12(9)10(13)14/h1-5H,6H2,(H,13,14).